The van der Waals surface area contributed by atoms with Crippen molar-refractivity contribution in [3.63, 3.8) is 0 Å². The van der Waals surface area contributed by atoms with Gasteiger partial charge in [-0.3, -0.25) is 0 Å². The molecule has 0 unspecified atom stereocenters. The molecule has 0 N–H and O–H groups in total. The average molecular weight is 243 g/mol. The van der Waals surface area contributed by atoms with Gasteiger partial charge in [-0.1, -0.05) is 18.2 Å². The molecule has 0 saturated carbocycles. The van der Waals surface area contributed by atoms with Gasteiger partial charge in [-0.15, -0.1) is 11.3 Å². The largest absolute Gasteiger partial charge is 0.371 e. The van der Waals surface area contributed by atoms with Crippen LogP contribution in [0.1, 0.15) is 19.3 Å². The summed E-state index contributed by atoms with van der Waals surface area (Å²) < 4.78 is 0. The number of rotatable bonds is 2. The van der Waals surface area contributed by atoms with E-state index in [4.69, 9.17) is 0 Å². The molecule has 2 nitrogen and oxygen atoms in total. The predicted octanol–water partition coefficient (Wildman–Crippen LogP) is 3.60. The third-order valence-electron chi connectivity index (χ3n) is 3.27. The van der Waals surface area contributed by atoms with Crippen molar-refractivity contribution >= 4 is 17.0 Å². The van der Waals surface area contributed by atoms with E-state index in [1.165, 1.54) is 54.9 Å². The summed E-state index contributed by atoms with van der Waals surface area (Å²) in [5.74, 6) is 0. The van der Waals surface area contributed by atoms with Crippen LogP contribution in [0.4, 0.5) is 5.69 Å². The van der Waals surface area contributed by atoms with E-state index in [0.717, 1.165) is 5.69 Å². The minimum atomic E-state index is 1.05. The molecule has 0 aliphatic carbocycles. The molecule has 1 aliphatic rings. The molecule has 3 rings (SSSR count). The van der Waals surface area contributed by atoms with Crippen molar-refractivity contribution in [2.24, 2.45) is 0 Å². The second kappa shape index (κ2) is 4.88. The van der Waals surface area contributed by atoms with Crippen LogP contribution in [0.25, 0.3) is 11.3 Å². The lowest BCUT2D eigenvalue weighted by Gasteiger charge is -2.30. The first kappa shape index (κ1) is 10.8. The summed E-state index contributed by atoms with van der Waals surface area (Å²) >= 11 is 1.54. The molecule has 87 valence electrons. The molecule has 0 bridgehead atoms. The lowest BCUT2D eigenvalue weighted by molar-refractivity contribution is 0.578. The van der Waals surface area contributed by atoms with Gasteiger partial charge in [0.25, 0.3) is 0 Å². The summed E-state index contributed by atoms with van der Waals surface area (Å²) in [6, 6.07) is 8.57. The van der Waals surface area contributed by atoms with E-state index in [-0.39, 0.29) is 0 Å². The topological polar surface area (TPSA) is 16.1 Å². The highest BCUT2D eigenvalue weighted by molar-refractivity contribution is 7.07. The van der Waals surface area contributed by atoms with Crippen molar-refractivity contribution < 1.29 is 0 Å². The van der Waals surface area contributed by atoms with Gasteiger partial charge in [0.15, 0.2) is 5.51 Å². The summed E-state index contributed by atoms with van der Waals surface area (Å²) in [5, 5.41) is 2.07. The molecule has 1 aliphatic heterocycles. The van der Waals surface area contributed by atoms with Crippen LogP contribution in [0.3, 0.4) is 0 Å². The van der Waals surface area contributed by atoms with Crippen LogP contribution < -0.4 is 4.90 Å². The Hall–Kier alpha value is -1.35. The van der Waals surface area contributed by atoms with Gasteiger partial charge in [0.05, 0.1) is 5.69 Å². The Morgan fingerprint density at radius 2 is 1.94 bits per heavy atom. The van der Waals surface area contributed by atoms with Crippen LogP contribution in [-0.4, -0.2) is 18.1 Å². The maximum atomic E-state index is 4.31. The Kier molecular flexibility index (Phi) is 3.10. The molecule has 1 aromatic carbocycles. The molecule has 2 heterocycles. The number of nitrogens with zero attached hydrogens (tertiary/aromatic N) is 2. The number of thiazole rings is 1. The molecule has 1 radical (unpaired) electrons. The highest BCUT2D eigenvalue weighted by atomic mass is 32.1. The summed E-state index contributed by atoms with van der Waals surface area (Å²) in [6.07, 6.45) is 3.97. The molecule has 0 atom stereocenters. The third kappa shape index (κ3) is 2.20. The number of hydrogen-bond acceptors (Lipinski definition) is 3. The third-order valence-corrected chi connectivity index (χ3v) is 3.80. The zero-order chi connectivity index (χ0) is 11.5. The Morgan fingerprint density at radius 1 is 1.12 bits per heavy atom. The second-order valence-electron chi connectivity index (χ2n) is 4.39. The zero-order valence-electron chi connectivity index (χ0n) is 9.72. The van der Waals surface area contributed by atoms with Crippen molar-refractivity contribution in [1.82, 2.24) is 4.98 Å². The first-order valence-corrected chi connectivity index (χ1v) is 6.99. The van der Waals surface area contributed by atoms with E-state index in [2.05, 4.69) is 45.0 Å². The van der Waals surface area contributed by atoms with Crippen molar-refractivity contribution in [3.05, 3.63) is 35.2 Å². The normalized spacial score (nSPS) is 16.1. The van der Waals surface area contributed by atoms with Crippen LogP contribution in [-0.2, 0) is 0 Å². The fourth-order valence-corrected chi connectivity index (χ4v) is 2.90. The maximum absolute atomic E-state index is 4.31. The van der Waals surface area contributed by atoms with Crippen LogP contribution in [0.2, 0.25) is 0 Å². The average Bonchev–Trinajstić information content (AvgIpc) is 2.94. The van der Waals surface area contributed by atoms with Gasteiger partial charge >= 0.3 is 0 Å². The van der Waals surface area contributed by atoms with Gasteiger partial charge in [-0.05, 0) is 25.3 Å². The Balaban J connectivity index is 1.98. The van der Waals surface area contributed by atoms with Gasteiger partial charge in [0.1, 0.15) is 0 Å². The van der Waals surface area contributed by atoms with Crippen LogP contribution in [0.5, 0.6) is 0 Å². The SMILES string of the molecule is [c]1nc(-c2ccccc2N2CCCCC2)cs1. The van der Waals surface area contributed by atoms with E-state index < -0.39 is 0 Å². The monoisotopic (exact) mass is 243 g/mol. The molecule has 1 saturated heterocycles. The summed E-state index contributed by atoms with van der Waals surface area (Å²) in [6.45, 7) is 2.34. The number of benzene rings is 1. The van der Waals surface area contributed by atoms with Gasteiger partial charge in [0, 0.05) is 29.7 Å². The van der Waals surface area contributed by atoms with Gasteiger partial charge in [-0.2, -0.15) is 0 Å². The maximum Gasteiger partial charge on any atom is 0.152 e. The lowest BCUT2D eigenvalue weighted by Crippen LogP contribution is -2.29. The highest BCUT2D eigenvalue weighted by Gasteiger charge is 2.15. The fraction of sp³-hybridized carbons (Fsp3) is 0.357. The Morgan fingerprint density at radius 3 is 2.71 bits per heavy atom. The zero-order valence-corrected chi connectivity index (χ0v) is 10.5. The smallest absolute Gasteiger partial charge is 0.152 e. The van der Waals surface area contributed by atoms with E-state index in [0.29, 0.717) is 0 Å². The minimum Gasteiger partial charge on any atom is -0.371 e. The van der Waals surface area contributed by atoms with E-state index in [9.17, 15) is 0 Å². The van der Waals surface area contributed by atoms with Crippen LogP contribution in [0, 0.1) is 5.51 Å². The van der Waals surface area contributed by atoms with E-state index >= 15 is 0 Å². The molecular weight excluding hydrogens is 228 g/mol. The number of para-hydroxylation sites is 1. The molecule has 2 aromatic rings. The van der Waals surface area contributed by atoms with Crippen LogP contribution in [0.15, 0.2) is 29.6 Å². The van der Waals surface area contributed by atoms with Crippen molar-refractivity contribution in [2.45, 2.75) is 19.3 Å². The molecule has 3 heteroatoms. The first-order chi connectivity index (χ1) is 8.45. The van der Waals surface area contributed by atoms with E-state index in [1.54, 1.807) is 0 Å². The van der Waals surface area contributed by atoms with Crippen LogP contribution >= 0.6 is 11.3 Å². The highest BCUT2D eigenvalue weighted by Crippen LogP contribution is 2.31. The standard InChI is InChI=1S/C14H15N2S/c1-4-8-16(9-5-1)14-7-3-2-6-12(14)13-10-17-11-15-13/h2-3,6-7,10H,1,4-5,8-9H2. The number of anilines is 1. The molecule has 0 spiro atoms. The van der Waals surface area contributed by atoms with Gasteiger partial charge in [-0.25, -0.2) is 4.98 Å². The minimum absolute atomic E-state index is 1.05. The van der Waals surface area contributed by atoms with Crippen molar-refractivity contribution in [2.75, 3.05) is 18.0 Å². The molecule has 0 amide bonds. The Bertz CT molecular complexity index is 473. The van der Waals surface area contributed by atoms with Gasteiger partial charge in [0.2, 0.25) is 0 Å². The van der Waals surface area contributed by atoms with E-state index in [1.807, 2.05) is 0 Å². The summed E-state index contributed by atoms with van der Waals surface area (Å²) in [5.41, 5.74) is 6.55. The fourth-order valence-electron chi connectivity index (χ4n) is 2.41. The molecular formula is C14H15N2S. The number of hydrogen-bond donors (Lipinski definition) is 0. The quantitative estimate of drug-likeness (QED) is 0.801. The number of aromatic nitrogens is 1. The van der Waals surface area contributed by atoms with Crippen molar-refractivity contribution in [1.29, 1.82) is 0 Å². The number of piperidine rings is 1. The molecule has 1 aromatic heterocycles. The first-order valence-electron chi connectivity index (χ1n) is 6.11. The second-order valence-corrected chi connectivity index (χ2v) is 5.04. The lowest BCUT2D eigenvalue weighted by atomic mass is 10.1. The molecule has 1 fully saturated rings. The van der Waals surface area contributed by atoms with Gasteiger partial charge < -0.3 is 4.90 Å². The van der Waals surface area contributed by atoms with Crippen molar-refractivity contribution in [3.8, 4) is 11.3 Å². The Labute approximate surface area is 106 Å². The summed E-state index contributed by atoms with van der Waals surface area (Å²) in [7, 11) is 0. The predicted molar refractivity (Wildman–Crippen MR) is 72.5 cm³/mol. The summed E-state index contributed by atoms with van der Waals surface area (Å²) in [4.78, 5) is 6.79. The molecule has 17 heavy (non-hydrogen) atoms.